The van der Waals surface area contributed by atoms with Crippen LogP contribution in [-0.2, 0) is 6.54 Å². The molecule has 4 heteroatoms. The molecule has 0 bridgehead atoms. The largest absolute Gasteiger partial charge is 0.311 e. The Morgan fingerprint density at radius 1 is 1.38 bits per heavy atom. The number of pyridine rings is 1. The number of piperazine rings is 1. The van der Waals surface area contributed by atoms with Gasteiger partial charge in [0.15, 0.2) is 0 Å². The molecule has 21 heavy (non-hydrogen) atoms. The van der Waals surface area contributed by atoms with Crippen LogP contribution in [0.2, 0.25) is 0 Å². The van der Waals surface area contributed by atoms with Crippen LogP contribution in [0, 0.1) is 17.7 Å². The average Bonchev–Trinajstić information content (AvgIpc) is 2.46. The third kappa shape index (κ3) is 4.24. The minimum atomic E-state index is -0.248. The molecule has 3 atom stereocenters. The zero-order valence-electron chi connectivity index (χ0n) is 13.6. The average molecular weight is 293 g/mol. The van der Waals surface area contributed by atoms with Gasteiger partial charge in [-0.2, -0.15) is 0 Å². The van der Waals surface area contributed by atoms with E-state index in [1.54, 1.807) is 12.3 Å². The maximum absolute atomic E-state index is 13.3. The summed E-state index contributed by atoms with van der Waals surface area (Å²) in [5.41, 5.74) is 0.963. The van der Waals surface area contributed by atoms with Crippen molar-refractivity contribution in [1.82, 2.24) is 15.2 Å². The molecule has 3 nitrogen and oxygen atoms in total. The summed E-state index contributed by atoms with van der Waals surface area (Å²) in [5, 5.41) is 3.70. The van der Waals surface area contributed by atoms with Gasteiger partial charge >= 0.3 is 0 Å². The van der Waals surface area contributed by atoms with Crippen molar-refractivity contribution in [3.63, 3.8) is 0 Å². The van der Waals surface area contributed by atoms with Gasteiger partial charge in [-0.1, -0.05) is 34.1 Å². The molecular weight excluding hydrogens is 265 g/mol. The molecule has 0 aliphatic carbocycles. The predicted molar refractivity (Wildman–Crippen MR) is 84.5 cm³/mol. The third-order valence-electron chi connectivity index (χ3n) is 4.74. The number of nitrogens with one attached hydrogen (secondary N) is 1. The van der Waals surface area contributed by atoms with E-state index >= 15 is 0 Å². The van der Waals surface area contributed by atoms with E-state index in [0.29, 0.717) is 23.9 Å². The van der Waals surface area contributed by atoms with Gasteiger partial charge in [0.05, 0.1) is 6.20 Å². The number of aromatic nitrogens is 1. The predicted octanol–water partition coefficient (Wildman–Crippen LogP) is 3.07. The molecule has 0 radical (unpaired) electrons. The number of hydrogen-bond acceptors (Lipinski definition) is 3. The van der Waals surface area contributed by atoms with E-state index in [2.05, 4.69) is 42.9 Å². The monoisotopic (exact) mass is 293 g/mol. The van der Waals surface area contributed by atoms with Crippen molar-refractivity contribution in [1.29, 1.82) is 0 Å². The third-order valence-corrected chi connectivity index (χ3v) is 4.74. The van der Waals surface area contributed by atoms with Crippen LogP contribution in [0.5, 0.6) is 0 Å². The van der Waals surface area contributed by atoms with Crippen molar-refractivity contribution in [2.24, 2.45) is 11.8 Å². The Morgan fingerprint density at radius 3 is 2.76 bits per heavy atom. The summed E-state index contributed by atoms with van der Waals surface area (Å²) in [6.45, 7) is 11.9. The molecule has 1 fully saturated rings. The van der Waals surface area contributed by atoms with E-state index in [1.165, 1.54) is 12.6 Å². The van der Waals surface area contributed by atoms with Gasteiger partial charge in [0.2, 0.25) is 0 Å². The Hall–Kier alpha value is -1.00. The second-order valence-corrected chi connectivity index (χ2v) is 6.65. The molecule has 0 saturated carbocycles. The van der Waals surface area contributed by atoms with E-state index in [9.17, 15) is 4.39 Å². The van der Waals surface area contributed by atoms with Crippen molar-refractivity contribution >= 4 is 0 Å². The molecule has 118 valence electrons. The fraction of sp³-hybridized carbons (Fsp3) is 0.706. The number of halogens is 1. The van der Waals surface area contributed by atoms with E-state index in [4.69, 9.17) is 0 Å². The molecule has 1 aromatic heterocycles. The lowest BCUT2D eigenvalue weighted by Crippen LogP contribution is -2.59. The summed E-state index contributed by atoms with van der Waals surface area (Å²) in [6.07, 6.45) is 4.23. The van der Waals surface area contributed by atoms with Crippen LogP contribution in [0.4, 0.5) is 4.39 Å². The van der Waals surface area contributed by atoms with Crippen molar-refractivity contribution in [3.8, 4) is 0 Å². The molecule has 0 aromatic carbocycles. The van der Waals surface area contributed by atoms with Crippen LogP contribution in [0.15, 0.2) is 18.5 Å². The maximum atomic E-state index is 13.3. The summed E-state index contributed by atoms with van der Waals surface area (Å²) in [6, 6.07) is 2.62. The first kappa shape index (κ1) is 16.4. The van der Waals surface area contributed by atoms with Crippen LogP contribution < -0.4 is 5.32 Å². The second kappa shape index (κ2) is 7.32. The standard InChI is InChI=1S/C17H28FN3/c1-5-13(4)16-11-21(17(9-20-16)12(2)3)10-14-6-15(18)8-19-7-14/h6-8,12-13,16-17,20H,5,9-11H2,1-4H3. The topological polar surface area (TPSA) is 28.2 Å². The van der Waals surface area contributed by atoms with Gasteiger partial charge in [0.25, 0.3) is 0 Å². The smallest absolute Gasteiger partial charge is 0.141 e. The molecule has 1 aliphatic heterocycles. The van der Waals surface area contributed by atoms with Crippen molar-refractivity contribution in [3.05, 3.63) is 29.8 Å². The van der Waals surface area contributed by atoms with Gasteiger partial charge in [-0.3, -0.25) is 9.88 Å². The van der Waals surface area contributed by atoms with Gasteiger partial charge in [0.1, 0.15) is 5.82 Å². The first-order chi connectivity index (χ1) is 10.0. The van der Waals surface area contributed by atoms with Gasteiger partial charge in [-0.15, -0.1) is 0 Å². The highest BCUT2D eigenvalue weighted by Gasteiger charge is 2.31. The minimum Gasteiger partial charge on any atom is -0.311 e. The Bertz CT molecular complexity index is 449. The summed E-state index contributed by atoms with van der Waals surface area (Å²) >= 11 is 0. The Labute approximate surface area is 127 Å². The van der Waals surface area contributed by atoms with Crippen LogP contribution in [0.1, 0.15) is 39.7 Å². The van der Waals surface area contributed by atoms with Gasteiger partial charge in [-0.25, -0.2) is 4.39 Å². The molecule has 2 rings (SSSR count). The Balaban J connectivity index is 2.10. The second-order valence-electron chi connectivity index (χ2n) is 6.65. The number of rotatable bonds is 5. The molecule has 1 aliphatic rings. The summed E-state index contributed by atoms with van der Waals surface area (Å²) < 4.78 is 13.3. The highest BCUT2D eigenvalue weighted by molar-refractivity contribution is 5.11. The first-order valence-electron chi connectivity index (χ1n) is 8.08. The maximum Gasteiger partial charge on any atom is 0.141 e. The molecular formula is C17H28FN3. The quantitative estimate of drug-likeness (QED) is 0.904. The fourth-order valence-electron chi connectivity index (χ4n) is 3.14. The Morgan fingerprint density at radius 2 is 2.14 bits per heavy atom. The SMILES string of the molecule is CCC(C)C1CN(Cc2cncc(F)c2)C(C(C)C)CN1. The number of hydrogen-bond donors (Lipinski definition) is 1. The van der Waals surface area contributed by atoms with E-state index < -0.39 is 0 Å². The lowest BCUT2D eigenvalue weighted by molar-refractivity contribution is 0.0751. The molecule has 1 N–H and O–H groups in total. The normalized spacial score (nSPS) is 25.2. The first-order valence-corrected chi connectivity index (χ1v) is 8.08. The molecule has 0 amide bonds. The summed E-state index contributed by atoms with van der Waals surface area (Å²) in [4.78, 5) is 6.47. The molecule has 1 saturated heterocycles. The highest BCUT2D eigenvalue weighted by atomic mass is 19.1. The van der Waals surface area contributed by atoms with Crippen LogP contribution in [0.25, 0.3) is 0 Å². The van der Waals surface area contributed by atoms with Crippen LogP contribution >= 0.6 is 0 Å². The van der Waals surface area contributed by atoms with Crippen LogP contribution in [-0.4, -0.2) is 35.1 Å². The van der Waals surface area contributed by atoms with E-state index in [0.717, 1.165) is 25.2 Å². The summed E-state index contributed by atoms with van der Waals surface area (Å²) in [7, 11) is 0. The lowest BCUT2D eigenvalue weighted by Gasteiger charge is -2.44. The summed E-state index contributed by atoms with van der Waals surface area (Å²) in [5.74, 6) is 0.991. The fourth-order valence-corrected chi connectivity index (χ4v) is 3.14. The minimum absolute atomic E-state index is 0.248. The zero-order chi connectivity index (χ0) is 15.4. The molecule has 2 heterocycles. The van der Waals surface area contributed by atoms with Gasteiger partial charge in [0, 0.05) is 37.9 Å². The van der Waals surface area contributed by atoms with Gasteiger partial charge < -0.3 is 5.32 Å². The van der Waals surface area contributed by atoms with Crippen molar-refractivity contribution in [2.45, 2.75) is 52.7 Å². The van der Waals surface area contributed by atoms with Crippen LogP contribution in [0.3, 0.4) is 0 Å². The highest BCUT2D eigenvalue weighted by Crippen LogP contribution is 2.22. The van der Waals surface area contributed by atoms with Crippen molar-refractivity contribution < 1.29 is 4.39 Å². The van der Waals surface area contributed by atoms with E-state index in [-0.39, 0.29) is 5.82 Å². The molecule has 3 unspecified atom stereocenters. The lowest BCUT2D eigenvalue weighted by atomic mass is 9.92. The number of nitrogens with zero attached hydrogens (tertiary/aromatic N) is 2. The van der Waals surface area contributed by atoms with Crippen molar-refractivity contribution in [2.75, 3.05) is 13.1 Å². The van der Waals surface area contributed by atoms with Gasteiger partial charge in [-0.05, 0) is 23.5 Å². The molecule has 1 aromatic rings. The Kier molecular flexibility index (Phi) is 5.71. The zero-order valence-corrected chi connectivity index (χ0v) is 13.6. The molecule has 0 spiro atoms. The van der Waals surface area contributed by atoms with E-state index in [1.807, 2.05) is 0 Å².